The summed E-state index contributed by atoms with van der Waals surface area (Å²) in [4.78, 5) is 4.15. The van der Waals surface area contributed by atoms with Crippen molar-refractivity contribution in [3.63, 3.8) is 0 Å². The van der Waals surface area contributed by atoms with Gasteiger partial charge < -0.3 is 5.32 Å². The maximum absolute atomic E-state index is 5.95. The van der Waals surface area contributed by atoms with E-state index in [1.807, 2.05) is 13.1 Å². The molecule has 1 N–H and O–H groups in total. The highest BCUT2D eigenvalue weighted by Crippen LogP contribution is 2.24. The van der Waals surface area contributed by atoms with Gasteiger partial charge in [-0.2, -0.15) is 5.10 Å². The third-order valence-corrected chi connectivity index (χ3v) is 2.84. The Hall–Kier alpha value is -1.10. The van der Waals surface area contributed by atoms with E-state index in [4.69, 9.17) is 23.2 Å². The fourth-order valence-electron chi connectivity index (χ4n) is 1.38. The average molecular weight is 257 g/mol. The average Bonchev–Trinajstić information content (AvgIpc) is 2.71. The molecule has 84 valence electrons. The van der Waals surface area contributed by atoms with E-state index >= 15 is 0 Å². The van der Waals surface area contributed by atoms with Gasteiger partial charge in [-0.1, -0.05) is 23.2 Å². The van der Waals surface area contributed by atoms with Crippen molar-refractivity contribution in [2.24, 2.45) is 0 Å². The molecule has 0 bridgehead atoms. The number of halogens is 2. The van der Waals surface area contributed by atoms with Gasteiger partial charge in [0.2, 0.25) is 0 Å². The van der Waals surface area contributed by atoms with Gasteiger partial charge in [0, 0.05) is 0 Å². The van der Waals surface area contributed by atoms with E-state index in [2.05, 4.69) is 15.4 Å². The van der Waals surface area contributed by atoms with Gasteiger partial charge in [-0.05, 0) is 25.2 Å². The van der Waals surface area contributed by atoms with E-state index in [0.717, 1.165) is 11.5 Å². The number of nitrogens with zero attached hydrogens (tertiary/aromatic N) is 3. The van der Waals surface area contributed by atoms with E-state index in [1.165, 1.54) is 6.33 Å². The number of hydrogen-bond acceptors (Lipinski definition) is 3. The number of nitrogens with one attached hydrogen (secondary N) is 1. The summed E-state index contributed by atoms with van der Waals surface area (Å²) in [6, 6.07) is 5.35. The third kappa shape index (κ3) is 2.19. The standard InChI is InChI=1S/C10H10Cl2N4/c1-13-5-10-14-6-15-16(10)7-2-3-8(11)9(12)4-7/h2-4,6,13H,5H2,1H3. The summed E-state index contributed by atoms with van der Waals surface area (Å²) in [7, 11) is 1.86. The van der Waals surface area contributed by atoms with Gasteiger partial charge in [-0.3, -0.25) is 0 Å². The Balaban J connectivity index is 2.42. The minimum Gasteiger partial charge on any atom is -0.313 e. The van der Waals surface area contributed by atoms with E-state index in [-0.39, 0.29) is 0 Å². The molecule has 1 heterocycles. The Morgan fingerprint density at radius 3 is 2.81 bits per heavy atom. The van der Waals surface area contributed by atoms with Gasteiger partial charge in [0.05, 0.1) is 22.3 Å². The van der Waals surface area contributed by atoms with Crippen LogP contribution in [0, 0.1) is 0 Å². The molecule has 16 heavy (non-hydrogen) atoms. The summed E-state index contributed by atoms with van der Waals surface area (Å²) in [5.41, 5.74) is 0.845. The van der Waals surface area contributed by atoms with Crippen molar-refractivity contribution < 1.29 is 0 Å². The fourth-order valence-corrected chi connectivity index (χ4v) is 1.67. The molecule has 0 amide bonds. The van der Waals surface area contributed by atoms with E-state index < -0.39 is 0 Å². The van der Waals surface area contributed by atoms with Crippen LogP contribution in [-0.4, -0.2) is 21.8 Å². The van der Waals surface area contributed by atoms with Crippen LogP contribution in [-0.2, 0) is 6.54 Å². The Kier molecular flexibility index (Phi) is 3.43. The highest BCUT2D eigenvalue weighted by molar-refractivity contribution is 6.42. The fraction of sp³-hybridized carbons (Fsp3) is 0.200. The summed E-state index contributed by atoms with van der Waals surface area (Å²) in [6.07, 6.45) is 1.51. The molecule has 0 fully saturated rings. The largest absolute Gasteiger partial charge is 0.313 e. The molecule has 4 nitrogen and oxygen atoms in total. The van der Waals surface area contributed by atoms with Crippen LogP contribution in [0.15, 0.2) is 24.5 Å². The summed E-state index contributed by atoms with van der Waals surface area (Å²) in [5, 5.41) is 8.20. The lowest BCUT2D eigenvalue weighted by Gasteiger charge is -2.06. The number of hydrogen-bond donors (Lipinski definition) is 1. The molecule has 0 aliphatic rings. The summed E-state index contributed by atoms with van der Waals surface area (Å²) in [5.74, 6) is 0.820. The topological polar surface area (TPSA) is 42.7 Å². The smallest absolute Gasteiger partial charge is 0.146 e. The molecule has 0 spiro atoms. The molecular formula is C10H10Cl2N4. The zero-order valence-corrected chi connectivity index (χ0v) is 10.1. The SMILES string of the molecule is CNCc1ncnn1-c1ccc(Cl)c(Cl)c1. The Morgan fingerprint density at radius 1 is 1.31 bits per heavy atom. The van der Waals surface area contributed by atoms with Gasteiger partial charge in [0.15, 0.2) is 0 Å². The first kappa shape index (κ1) is 11.4. The number of aromatic nitrogens is 3. The molecule has 1 aromatic heterocycles. The van der Waals surface area contributed by atoms with Crippen molar-refractivity contribution in [1.82, 2.24) is 20.1 Å². The Bertz CT molecular complexity index is 495. The second-order valence-electron chi connectivity index (χ2n) is 3.22. The lowest BCUT2D eigenvalue weighted by Crippen LogP contribution is -2.12. The monoisotopic (exact) mass is 256 g/mol. The van der Waals surface area contributed by atoms with Gasteiger partial charge >= 0.3 is 0 Å². The van der Waals surface area contributed by atoms with Gasteiger partial charge in [-0.25, -0.2) is 9.67 Å². The summed E-state index contributed by atoms with van der Waals surface area (Å²) < 4.78 is 1.72. The molecule has 6 heteroatoms. The molecular weight excluding hydrogens is 247 g/mol. The Labute approximate surface area is 103 Å². The van der Waals surface area contributed by atoms with Crippen LogP contribution in [0.25, 0.3) is 5.69 Å². The Morgan fingerprint density at radius 2 is 2.12 bits per heavy atom. The molecule has 0 aliphatic heterocycles. The minimum absolute atomic E-state index is 0.505. The van der Waals surface area contributed by atoms with E-state index in [0.29, 0.717) is 16.6 Å². The van der Waals surface area contributed by atoms with Crippen LogP contribution in [0.3, 0.4) is 0 Å². The lowest BCUT2D eigenvalue weighted by molar-refractivity contribution is 0.712. The quantitative estimate of drug-likeness (QED) is 0.917. The number of rotatable bonds is 3. The molecule has 2 rings (SSSR count). The first-order chi connectivity index (χ1) is 7.72. The minimum atomic E-state index is 0.505. The molecule has 0 saturated carbocycles. The van der Waals surface area contributed by atoms with Crippen LogP contribution >= 0.6 is 23.2 Å². The highest BCUT2D eigenvalue weighted by Gasteiger charge is 2.07. The zero-order chi connectivity index (χ0) is 11.5. The summed E-state index contributed by atoms with van der Waals surface area (Å²) >= 11 is 11.8. The highest BCUT2D eigenvalue weighted by atomic mass is 35.5. The molecule has 0 aliphatic carbocycles. The van der Waals surface area contributed by atoms with Crippen LogP contribution in [0.4, 0.5) is 0 Å². The third-order valence-electron chi connectivity index (χ3n) is 2.10. The van der Waals surface area contributed by atoms with Crippen molar-refractivity contribution in [2.45, 2.75) is 6.54 Å². The van der Waals surface area contributed by atoms with Crippen molar-refractivity contribution in [3.05, 3.63) is 40.4 Å². The molecule has 2 aromatic rings. The van der Waals surface area contributed by atoms with Gasteiger partial charge in [0.25, 0.3) is 0 Å². The second-order valence-corrected chi connectivity index (χ2v) is 4.03. The van der Waals surface area contributed by atoms with E-state index in [9.17, 15) is 0 Å². The molecule has 0 saturated heterocycles. The first-order valence-corrected chi connectivity index (χ1v) is 5.47. The molecule has 0 radical (unpaired) electrons. The maximum atomic E-state index is 5.95. The lowest BCUT2D eigenvalue weighted by atomic mass is 10.3. The molecule has 1 aromatic carbocycles. The van der Waals surface area contributed by atoms with Crippen molar-refractivity contribution in [1.29, 1.82) is 0 Å². The molecule has 0 unspecified atom stereocenters. The van der Waals surface area contributed by atoms with Crippen molar-refractivity contribution >= 4 is 23.2 Å². The normalized spacial score (nSPS) is 10.7. The van der Waals surface area contributed by atoms with Crippen LogP contribution in [0.1, 0.15) is 5.82 Å². The van der Waals surface area contributed by atoms with Gasteiger partial charge in [0.1, 0.15) is 12.2 Å². The zero-order valence-electron chi connectivity index (χ0n) is 8.61. The van der Waals surface area contributed by atoms with Crippen molar-refractivity contribution in [3.8, 4) is 5.69 Å². The predicted octanol–water partition coefficient (Wildman–Crippen LogP) is 2.29. The van der Waals surface area contributed by atoms with Crippen LogP contribution < -0.4 is 5.32 Å². The summed E-state index contributed by atoms with van der Waals surface area (Å²) in [6.45, 7) is 0.639. The van der Waals surface area contributed by atoms with Crippen molar-refractivity contribution in [2.75, 3.05) is 7.05 Å². The van der Waals surface area contributed by atoms with E-state index in [1.54, 1.807) is 16.8 Å². The second kappa shape index (κ2) is 4.82. The molecule has 0 atom stereocenters. The first-order valence-electron chi connectivity index (χ1n) is 4.71. The van der Waals surface area contributed by atoms with Gasteiger partial charge in [-0.15, -0.1) is 0 Å². The van der Waals surface area contributed by atoms with Crippen LogP contribution in [0.5, 0.6) is 0 Å². The predicted molar refractivity (Wildman–Crippen MR) is 64.1 cm³/mol. The maximum Gasteiger partial charge on any atom is 0.146 e. The number of benzene rings is 1. The van der Waals surface area contributed by atoms with Crippen LogP contribution in [0.2, 0.25) is 10.0 Å².